The van der Waals surface area contributed by atoms with Crippen molar-refractivity contribution in [2.45, 2.75) is 13.8 Å². The van der Waals surface area contributed by atoms with E-state index in [4.69, 9.17) is 5.11 Å². The van der Waals surface area contributed by atoms with Crippen molar-refractivity contribution in [3.63, 3.8) is 0 Å². The van der Waals surface area contributed by atoms with Gasteiger partial charge >= 0.3 is 0 Å². The number of hydrogen-bond donors (Lipinski definition) is 1. The fourth-order valence-electron chi connectivity index (χ4n) is 0.292. The molecule has 0 atom stereocenters. The van der Waals surface area contributed by atoms with Crippen LogP contribution in [0.3, 0.4) is 0 Å². The summed E-state index contributed by atoms with van der Waals surface area (Å²) in [5.41, 5.74) is 3.71. The van der Waals surface area contributed by atoms with Crippen molar-refractivity contribution in [3.8, 4) is 0 Å². The van der Waals surface area contributed by atoms with Crippen LogP contribution >= 0.6 is 0 Å². The van der Waals surface area contributed by atoms with Crippen molar-refractivity contribution in [2.24, 2.45) is 0 Å². The Kier molecular flexibility index (Phi) is 3.39. The summed E-state index contributed by atoms with van der Waals surface area (Å²) in [6, 6.07) is 0. The molecule has 0 spiro atoms. The number of rotatable bonds is 1. The molecular formula is C6H10O. The molecule has 40 valence electrons. The Morgan fingerprint density at radius 2 is 2.43 bits per heavy atom. The molecule has 0 fully saturated rings. The minimum atomic E-state index is 0.115. The maximum absolute atomic E-state index is 8.35. The van der Waals surface area contributed by atoms with Crippen LogP contribution < -0.4 is 0 Å². The highest BCUT2D eigenvalue weighted by atomic mass is 16.3. The normalized spacial score (nSPS) is 7.29. The van der Waals surface area contributed by atoms with Gasteiger partial charge in [0.05, 0.1) is 6.61 Å². The summed E-state index contributed by atoms with van der Waals surface area (Å²) >= 11 is 0. The second kappa shape index (κ2) is 3.66. The van der Waals surface area contributed by atoms with Crippen molar-refractivity contribution in [1.82, 2.24) is 0 Å². The Morgan fingerprint density at radius 1 is 1.86 bits per heavy atom. The Morgan fingerprint density at radius 3 is 2.57 bits per heavy atom. The number of aliphatic hydroxyl groups excluding tert-OH is 1. The van der Waals surface area contributed by atoms with Crippen molar-refractivity contribution in [3.05, 3.63) is 17.4 Å². The maximum atomic E-state index is 8.35. The van der Waals surface area contributed by atoms with Crippen LogP contribution in [0.2, 0.25) is 0 Å². The summed E-state index contributed by atoms with van der Waals surface area (Å²) in [7, 11) is 0. The first kappa shape index (κ1) is 6.48. The highest BCUT2D eigenvalue weighted by Crippen LogP contribution is 1.82. The SMILES string of the molecule is CC=C=C(C)CO. The largest absolute Gasteiger partial charge is 0.391 e. The molecule has 0 aliphatic carbocycles. The quantitative estimate of drug-likeness (QED) is 0.487. The second-order valence-electron chi connectivity index (χ2n) is 1.37. The van der Waals surface area contributed by atoms with Gasteiger partial charge in [0.1, 0.15) is 0 Å². The standard InChI is InChI=1S/C6H10O/c1-3-4-6(2)5-7/h3,7H,5H2,1-2H3. The minimum absolute atomic E-state index is 0.115. The molecule has 0 aromatic rings. The fourth-order valence-corrected chi connectivity index (χ4v) is 0.292. The molecule has 1 nitrogen and oxygen atoms in total. The predicted octanol–water partition coefficient (Wildman–Crippen LogP) is 1.10. The minimum Gasteiger partial charge on any atom is -0.391 e. The molecule has 0 aromatic heterocycles. The lowest BCUT2D eigenvalue weighted by Crippen LogP contribution is -1.78. The van der Waals surface area contributed by atoms with Gasteiger partial charge in [0.25, 0.3) is 0 Å². The molecule has 1 heteroatoms. The van der Waals surface area contributed by atoms with E-state index in [-0.39, 0.29) is 6.61 Å². The van der Waals surface area contributed by atoms with Crippen LogP contribution in [-0.2, 0) is 0 Å². The summed E-state index contributed by atoms with van der Waals surface area (Å²) in [5, 5.41) is 8.35. The van der Waals surface area contributed by atoms with E-state index in [0.717, 1.165) is 5.57 Å². The molecule has 0 aromatic carbocycles. The highest BCUT2D eigenvalue weighted by Gasteiger charge is 1.74. The third-order valence-electron chi connectivity index (χ3n) is 0.628. The van der Waals surface area contributed by atoms with Gasteiger partial charge in [0, 0.05) is 0 Å². The van der Waals surface area contributed by atoms with Crippen molar-refractivity contribution in [1.29, 1.82) is 0 Å². The van der Waals surface area contributed by atoms with Crippen LogP contribution in [0.1, 0.15) is 13.8 Å². The molecule has 0 bridgehead atoms. The lowest BCUT2D eigenvalue weighted by molar-refractivity contribution is 0.331. The third kappa shape index (κ3) is 3.31. The van der Waals surface area contributed by atoms with E-state index in [0.29, 0.717) is 0 Å². The van der Waals surface area contributed by atoms with Crippen molar-refractivity contribution < 1.29 is 5.11 Å². The molecule has 0 saturated heterocycles. The first-order valence-electron chi connectivity index (χ1n) is 2.29. The van der Waals surface area contributed by atoms with E-state index in [9.17, 15) is 0 Å². The van der Waals surface area contributed by atoms with Gasteiger partial charge in [-0.1, -0.05) is 0 Å². The Balaban J connectivity index is 3.74. The number of hydrogen-bond acceptors (Lipinski definition) is 1. The molecule has 0 aliphatic heterocycles. The molecule has 0 saturated carbocycles. The zero-order chi connectivity index (χ0) is 5.70. The summed E-state index contributed by atoms with van der Waals surface area (Å²) in [5.74, 6) is 0. The van der Waals surface area contributed by atoms with Crippen LogP contribution in [0, 0.1) is 0 Å². The van der Waals surface area contributed by atoms with Gasteiger partial charge in [-0.2, -0.15) is 0 Å². The average molecular weight is 98.1 g/mol. The summed E-state index contributed by atoms with van der Waals surface area (Å²) < 4.78 is 0. The molecule has 0 aliphatic rings. The zero-order valence-electron chi connectivity index (χ0n) is 4.73. The average Bonchev–Trinajstić information content (AvgIpc) is 1.68. The topological polar surface area (TPSA) is 20.2 Å². The van der Waals surface area contributed by atoms with Crippen LogP contribution in [0.4, 0.5) is 0 Å². The van der Waals surface area contributed by atoms with Crippen molar-refractivity contribution in [2.75, 3.05) is 6.61 Å². The predicted molar refractivity (Wildman–Crippen MR) is 30.0 cm³/mol. The zero-order valence-corrected chi connectivity index (χ0v) is 4.73. The monoisotopic (exact) mass is 98.1 g/mol. The summed E-state index contributed by atoms with van der Waals surface area (Å²) in [6.45, 7) is 3.82. The lowest BCUT2D eigenvalue weighted by atomic mass is 10.3. The van der Waals surface area contributed by atoms with Gasteiger partial charge in [-0.15, -0.1) is 5.73 Å². The maximum Gasteiger partial charge on any atom is 0.0712 e. The van der Waals surface area contributed by atoms with E-state index >= 15 is 0 Å². The molecule has 0 amide bonds. The molecule has 1 N–H and O–H groups in total. The van der Waals surface area contributed by atoms with Gasteiger partial charge in [0.15, 0.2) is 0 Å². The number of aliphatic hydroxyl groups is 1. The van der Waals surface area contributed by atoms with Gasteiger partial charge in [-0.05, 0) is 25.5 Å². The first-order valence-corrected chi connectivity index (χ1v) is 2.29. The summed E-state index contributed by atoms with van der Waals surface area (Å²) in [6.07, 6.45) is 1.78. The van der Waals surface area contributed by atoms with E-state index in [2.05, 4.69) is 5.73 Å². The van der Waals surface area contributed by atoms with Crippen LogP contribution in [0.15, 0.2) is 17.4 Å². The first-order chi connectivity index (χ1) is 3.31. The molecular weight excluding hydrogens is 88.1 g/mol. The van der Waals surface area contributed by atoms with E-state index < -0.39 is 0 Å². The molecule has 0 heterocycles. The Hall–Kier alpha value is -0.520. The molecule has 0 rings (SSSR count). The van der Waals surface area contributed by atoms with Crippen LogP contribution in [0.25, 0.3) is 0 Å². The fraction of sp³-hybridized carbons (Fsp3) is 0.500. The van der Waals surface area contributed by atoms with Gasteiger partial charge in [0.2, 0.25) is 0 Å². The third-order valence-corrected chi connectivity index (χ3v) is 0.628. The smallest absolute Gasteiger partial charge is 0.0712 e. The second-order valence-corrected chi connectivity index (χ2v) is 1.37. The Labute approximate surface area is 44.0 Å². The van der Waals surface area contributed by atoms with E-state index in [1.807, 2.05) is 13.8 Å². The van der Waals surface area contributed by atoms with Gasteiger partial charge < -0.3 is 5.11 Å². The van der Waals surface area contributed by atoms with Crippen LogP contribution in [-0.4, -0.2) is 11.7 Å². The molecule has 0 unspecified atom stereocenters. The van der Waals surface area contributed by atoms with Crippen molar-refractivity contribution >= 4 is 0 Å². The van der Waals surface area contributed by atoms with Gasteiger partial charge in [-0.3, -0.25) is 0 Å². The Bertz CT molecular complexity index is 96.7. The highest BCUT2D eigenvalue weighted by molar-refractivity contribution is 4.96. The summed E-state index contributed by atoms with van der Waals surface area (Å²) in [4.78, 5) is 0. The van der Waals surface area contributed by atoms with Gasteiger partial charge in [-0.25, -0.2) is 0 Å². The van der Waals surface area contributed by atoms with Crippen LogP contribution in [0.5, 0.6) is 0 Å². The lowest BCUT2D eigenvalue weighted by Gasteiger charge is -1.81. The van der Waals surface area contributed by atoms with E-state index in [1.165, 1.54) is 0 Å². The molecule has 7 heavy (non-hydrogen) atoms. The molecule has 0 radical (unpaired) electrons. The van der Waals surface area contributed by atoms with E-state index in [1.54, 1.807) is 6.08 Å².